The molecule has 0 saturated carbocycles. The van der Waals surface area contributed by atoms with Crippen molar-refractivity contribution in [1.29, 1.82) is 0 Å². The highest BCUT2D eigenvalue weighted by atomic mass is 32.1. The van der Waals surface area contributed by atoms with Crippen molar-refractivity contribution in [2.45, 2.75) is 39.9 Å². The number of thiol groups is 1. The Morgan fingerprint density at radius 3 is 1.61 bits per heavy atom. The van der Waals surface area contributed by atoms with Gasteiger partial charge in [0.25, 0.3) is 0 Å². The molecule has 0 aromatic carbocycles. The van der Waals surface area contributed by atoms with Crippen molar-refractivity contribution in [2.24, 2.45) is 17.8 Å². The Kier molecular flexibility index (Phi) is 8.07. The normalized spacial score (nSPS) is 15.9. The van der Waals surface area contributed by atoms with Crippen molar-refractivity contribution in [3.05, 3.63) is 0 Å². The lowest BCUT2D eigenvalue weighted by Gasteiger charge is -2.16. The zero-order valence-electron chi connectivity index (χ0n) is 11.8. The molecular weight excluding hydrogens is 252 g/mol. The molecule has 3 unspecified atom stereocenters. The van der Waals surface area contributed by atoms with Crippen molar-refractivity contribution >= 4 is 24.6 Å². The van der Waals surface area contributed by atoms with Crippen LogP contribution in [0.15, 0.2) is 0 Å². The number of carbonyl (C=O) groups is 2. The smallest absolute Gasteiger partial charge is 0.309 e. The first-order valence-corrected chi connectivity index (χ1v) is 6.80. The van der Waals surface area contributed by atoms with E-state index in [1.807, 2.05) is 27.7 Å². The van der Waals surface area contributed by atoms with Crippen molar-refractivity contribution in [3.63, 3.8) is 0 Å². The minimum absolute atomic E-state index is 0.0546. The lowest BCUT2D eigenvalue weighted by molar-refractivity contribution is -0.157. The van der Waals surface area contributed by atoms with Gasteiger partial charge in [-0.05, 0) is 5.92 Å². The van der Waals surface area contributed by atoms with E-state index in [1.165, 1.54) is 0 Å². The Hall–Kier alpha value is -0.710. The van der Waals surface area contributed by atoms with E-state index < -0.39 is 0 Å². The third-order valence-corrected chi connectivity index (χ3v) is 3.49. The van der Waals surface area contributed by atoms with Crippen LogP contribution in [0.25, 0.3) is 0 Å². The van der Waals surface area contributed by atoms with Crippen LogP contribution in [-0.2, 0) is 19.1 Å². The summed E-state index contributed by atoms with van der Waals surface area (Å²) in [7, 11) is 0. The molecule has 0 bridgehead atoms. The topological polar surface area (TPSA) is 52.6 Å². The van der Waals surface area contributed by atoms with Crippen molar-refractivity contribution in [3.8, 4) is 0 Å². The molecule has 0 aliphatic rings. The van der Waals surface area contributed by atoms with E-state index in [1.54, 1.807) is 6.92 Å². The van der Waals surface area contributed by atoms with E-state index in [-0.39, 0.29) is 48.2 Å². The predicted octanol–water partition coefficient (Wildman–Crippen LogP) is 2.32. The molecule has 0 N–H and O–H groups in total. The molecule has 0 amide bonds. The third-order valence-electron chi connectivity index (χ3n) is 3.04. The predicted molar refractivity (Wildman–Crippen MR) is 73.5 cm³/mol. The highest BCUT2D eigenvalue weighted by Crippen LogP contribution is 2.12. The Bertz CT molecular complexity index is 248. The van der Waals surface area contributed by atoms with Crippen LogP contribution in [0.5, 0.6) is 0 Å². The van der Waals surface area contributed by atoms with Crippen LogP contribution in [0.3, 0.4) is 0 Å². The van der Waals surface area contributed by atoms with Gasteiger partial charge in [0.05, 0.1) is 11.8 Å². The largest absolute Gasteiger partial charge is 0.462 e. The summed E-state index contributed by atoms with van der Waals surface area (Å²) in [6.45, 7) is 9.54. The Morgan fingerprint density at radius 1 is 0.889 bits per heavy atom. The zero-order chi connectivity index (χ0) is 14.3. The fourth-order valence-electron chi connectivity index (χ4n) is 1.02. The molecule has 106 valence electrons. The number of esters is 2. The van der Waals surface area contributed by atoms with Gasteiger partial charge in [0.15, 0.2) is 0 Å². The summed E-state index contributed by atoms with van der Waals surface area (Å²) >= 11 is 4.17. The molecule has 0 aromatic rings. The van der Waals surface area contributed by atoms with Gasteiger partial charge in [0.1, 0.15) is 13.2 Å². The molecule has 0 radical (unpaired) electrons. The van der Waals surface area contributed by atoms with Crippen LogP contribution in [0.1, 0.15) is 34.6 Å². The first kappa shape index (κ1) is 17.3. The van der Waals surface area contributed by atoms with Crippen LogP contribution in [-0.4, -0.2) is 30.4 Å². The molecule has 0 rings (SSSR count). The number of carbonyl (C=O) groups excluding carboxylic acids is 2. The second-order valence-electron chi connectivity index (χ2n) is 4.90. The quantitative estimate of drug-likeness (QED) is 0.440. The Labute approximate surface area is 115 Å². The standard InChI is InChI=1S/C13H24O4S/c1-8(2)9(3)12(14)16-6-7-17-13(15)10(4)11(5)18/h8-11,18H,6-7H2,1-5H3. The average molecular weight is 276 g/mol. The average Bonchev–Trinajstić information content (AvgIpc) is 2.31. The maximum Gasteiger partial charge on any atom is 0.309 e. The molecule has 0 spiro atoms. The van der Waals surface area contributed by atoms with Gasteiger partial charge in [0.2, 0.25) is 0 Å². The van der Waals surface area contributed by atoms with Crippen LogP contribution in [0.2, 0.25) is 0 Å². The van der Waals surface area contributed by atoms with Crippen LogP contribution < -0.4 is 0 Å². The maximum atomic E-state index is 11.5. The van der Waals surface area contributed by atoms with Gasteiger partial charge >= 0.3 is 11.9 Å². The number of hydrogen-bond acceptors (Lipinski definition) is 5. The molecule has 5 heteroatoms. The summed E-state index contributed by atoms with van der Waals surface area (Å²) in [5.41, 5.74) is 0. The lowest BCUT2D eigenvalue weighted by Crippen LogP contribution is -2.25. The van der Waals surface area contributed by atoms with E-state index in [9.17, 15) is 9.59 Å². The summed E-state index contributed by atoms with van der Waals surface area (Å²) in [6, 6.07) is 0. The van der Waals surface area contributed by atoms with Crippen LogP contribution in [0, 0.1) is 17.8 Å². The van der Waals surface area contributed by atoms with Gasteiger partial charge in [-0.1, -0.05) is 34.6 Å². The van der Waals surface area contributed by atoms with E-state index in [0.717, 1.165) is 0 Å². The molecule has 4 nitrogen and oxygen atoms in total. The summed E-state index contributed by atoms with van der Waals surface area (Å²) in [6.07, 6.45) is 0. The molecule has 0 aliphatic heterocycles. The molecule has 0 aliphatic carbocycles. The Morgan fingerprint density at radius 2 is 1.28 bits per heavy atom. The zero-order valence-corrected chi connectivity index (χ0v) is 12.7. The number of hydrogen-bond donors (Lipinski definition) is 1. The highest BCUT2D eigenvalue weighted by molar-refractivity contribution is 7.81. The first-order chi connectivity index (χ1) is 8.27. The number of ether oxygens (including phenoxy) is 2. The van der Waals surface area contributed by atoms with E-state index in [4.69, 9.17) is 9.47 Å². The first-order valence-electron chi connectivity index (χ1n) is 6.28. The molecule has 0 saturated heterocycles. The van der Waals surface area contributed by atoms with Gasteiger partial charge in [0, 0.05) is 5.25 Å². The molecule has 0 aromatic heterocycles. The highest BCUT2D eigenvalue weighted by Gasteiger charge is 2.20. The fourth-order valence-corrected chi connectivity index (χ4v) is 1.14. The molecule has 0 fully saturated rings. The molecular formula is C13H24O4S. The second-order valence-corrected chi connectivity index (χ2v) is 5.71. The summed E-state index contributed by atoms with van der Waals surface area (Å²) in [5, 5.41) is -0.0546. The monoisotopic (exact) mass is 276 g/mol. The van der Waals surface area contributed by atoms with Gasteiger partial charge in [-0.2, -0.15) is 12.6 Å². The van der Waals surface area contributed by atoms with Gasteiger partial charge in [-0.3, -0.25) is 9.59 Å². The van der Waals surface area contributed by atoms with E-state index in [0.29, 0.717) is 0 Å². The fraction of sp³-hybridized carbons (Fsp3) is 0.846. The number of rotatable bonds is 7. The summed E-state index contributed by atoms with van der Waals surface area (Å²) < 4.78 is 10.0. The van der Waals surface area contributed by atoms with Gasteiger partial charge in [-0.25, -0.2) is 0 Å². The maximum absolute atomic E-state index is 11.5. The lowest BCUT2D eigenvalue weighted by atomic mass is 9.99. The van der Waals surface area contributed by atoms with Crippen LogP contribution in [0.4, 0.5) is 0 Å². The minimum atomic E-state index is -0.314. The van der Waals surface area contributed by atoms with Crippen molar-refractivity contribution in [2.75, 3.05) is 13.2 Å². The Balaban J connectivity index is 3.81. The SMILES string of the molecule is CC(C)C(C)C(=O)OCCOC(=O)C(C)C(C)S. The summed E-state index contributed by atoms with van der Waals surface area (Å²) in [4.78, 5) is 23.0. The second kappa shape index (κ2) is 8.40. The van der Waals surface area contributed by atoms with Gasteiger partial charge < -0.3 is 9.47 Å². The van der Waals surface area contributed by atoms with Crippen LogP contribution >= 0.6 is 12.6 Å². The molecule has 3 atom stereocenters. The molecule has 18 heavy (non-hydrogen) atoms. The third kappa shape index (κ3) is 6.28. The molecule has 0 heterocycles. The van der Waals surface area contributed by atoms with E-state index >= 15 is 0 Å². The summed E-state index contributed by atoms with van der Waals surface area (Å²) in [5.74, 6) is -0.733. The van der Waals surface area contributed by atoms with Crippen molar-refractivity contribution < 1.29 is 19.1 Å². The van der Waals surface area contributed by atoms with Gasteiger partial charge in [-0.15, -0.1) is 0 Å². The minimum Gasteiger partial charge on any atom is -0.462 e. The van der Waals surface area contributed by atoms with Crippen molar-refractivity contribution in [1.82, 2.24) is 0 Å². The van der Waals surface area contributed by atoms with E-state index in [2.05, 4.69) is 12.6 Å².